The fourth-order valence-electron chi connectivity index (χ4n) is 1.44. The summed E-state index contributed by atoms with van der Waals surface area (Å²) in [6, 6.07) is 14.3. The molecule has 0 spiro atoms. The lowest BCUT2D eigenvalue weighted by atomic mass is 10.2. The number of nitrogens with one attached hydrogen (secondary N) is 1. The molecule has 2 nitrogen and oxygen atoms in total. The molecule has 1 aromatic carbocycles. The van der Waals surface area contributed by atoms with Crippen molar-refractivity contribution in [3.05, 3.63) is 64.4 Å². The Hall–Kier alpha value is -1.19. The van der Waals surface area contributed by atoms with Gasteiger partial charge in [-0.25, -0.2) is 0 Å². The number of rotatable bonds is 4. The molecule has 1 heterocycles. The molecule has 82 valence electrons. The summed E-state index contributed by atoms with van der Waals surface area (Å²) >= 11 is 3.42. The van der Waals surface area contributed by atoms with Gasteiger partial charge in [0.25, 0.3) is 0 Å². The van der Waals surface area contributed by atoms with Crippen molar-refractivity contribution in [2.45, 2.75) is 13.1 Å². The normalized spacial score (nSPS) is 10.3. The number of hydrogen-bond donors (Lipinski definition) is 1. The van der Waals surface area contributed by atoms with Gasteiger partial charge in [-0.1, -0.05) is 34.1 Å². The SMILES string of the molecule is Brc1ccc(CNCc2ccccn2)cc1. The molecule has 0 atom stereocenters. The van der Waals surface area contributed by atoms with E-state index in [1.165, 1.54) is 5.56 Å². The van der Waals surface area contributed by atoms with E-state index in [2.05, 4.69) is 50.5 Å². The van der Waals surface area contributed by atoms with Crippen molar-refractivity contribution in [2.75, 3.05) is 0 Å². The van der Waals surface area contributed by atoms with Crippen LogP contribution in [0.3, 0.4) is 0 Å². The fourth-order valence-corrected chi connectivity index (χ4v) is 1.70. The highest BCUT2D eigenvalue weighted by Gasteiger charge is 1.94. The van der Waals surface area contributed by atoms with Gasteiger partial charge in [-0.3, -0.25) is 4.98 Å². The molecule has 1 N–H and O–H groups in total. The minimum atomic E-state index is 0.802. The summed E-state index contributed by atoms with van der Waals surface area (Å²) in [5.41, 5.74) is 2.35. The summed E-state index contributed by atoms with van der Waals surface area (Å²) in [6.07, 6.45) is 1.82. The van der Waals surface area contributed by atoms with Gasteiger partial charge in [-0.05, 0) is 29.8 Å². The van der Waals surface area contributed by atoms with Crippen molar-refractivity contribution >= 4 is 15.9 Å². The molecule has 16 heavy (non-hydrogen) atoms. The Morgan fingerprint density at radius 2 is 1.81 bits per heavy atom. The molecule has 0 aliphatic rings. The number of pyridine rings is 1. The predicted molar refractivity (Wildman–Crippen MR) is 68.9 cm³/mol. The van der Waals surface area contributed by atoms with Crippen LogP contribution < -0.4 is 5.32 Å². The zero-order valence-corrected chi connectivity index (χ0v) is 10.4. The summed E-state index contributed by atoms with van der Waals surface area (Å²) in [5.74, 6) is 0. The molecule has 0 aliphatic heterocycles. The molecule has 0 unspecified atom stereocenters. The molecular weight excluding hydrogens is 264 g/mol. The van der Waals surface area contributed by atoms with E-state index in [1.807, 2.05) is 24.4 Å². The van der Waals surface area contributed by atoms with Crippen molar-refractivity contribution in [2.24, 2.45) is 0 Å². The molecule has 2 aromatic rings. The Kier molecular flexibility index (Phi) is 4.08. The highest BCUT2D eigenvalue weighted by molar-refractivity contribution is 9.10. The predicted octanol–water partition coefficient (Wildman–Crippen LogP) is 3.13. The zero-order chi connectivity index (χ0) is 11.2. The Labute approximate surface area is 104 Å². The first-order valence-electron chi connectivity index (χ1n) is 5.20. The Bertz CT molecular complexity index is 425. The van der Waals surface area contributed by atoms with Crippen LogP contribution >= 0.6 is 15.9 Å². The van der Waals surface area contributed by atoms with E-state index in [9.17, 15) is 0 Å². The van der Waals surface area contributed by atoms with Crippen LogP contribution in [0.5, 0.6) is 0 Å². The molecule has 0 amide bonds. The summed E-state index contributed by atoms with van der Waals surface area (Å²) in [4.78, 5) is 4.25. The average molecular weight is 277 g/mol. The second-order valence-corrected chi connectivity index (χ2v) is 4.47. The number of benzene rings is 1. The third-order valence-corrected chi connectivity index (χ3v) is 2.80. The van der Waals surface area contributed by atoms with Gasteiger partial charge in [-0.2, -0.15) is 0 Å². The second-order valence-electron chi connectivity index (χ2n) is 3.55. The molecule has 1 aromatic heterocycles. The van der Waals surface area contributed by atoms with Crippen molar-refractivity contribution in [1.82, 2.24) is 10.3 Å². The number of halogens is 1. The van der Waals surface area contributed by atoms with Gasteiger partial charge in [-0.15, -0.1) is 0 Å². The molecule has 0 saturated carbocycles. The number of aromatic nitrogens is 1. The third-order valence-electron chi connectivity index (χ3n) is 2.27. The van der Waals surface area contributed by atoms with E-state index in [1.54, 1.807) is 0 Å². The standard InChI is InChI=1S/C13H13BrN2/c14-12-6-4-11(5-7-12)9-15-10-13-3-1-2-8-16-13/h1-8,15H,9-10H2. The van der Waals surface area contributed by atoms with Crippen LogP contribution in [-0.2, 0) is 13.1 Å². The van der Waals surface area contributed by atoms with Crippen LogP contribution in [0.15, 0.2) is 53.1 Å². The topological polar surface area (TPSA) is 24.9 Å². The largest absolute Gasteiger partial charge is 0.307 e. The molecular formula is C13H13BrN2. The summed E-state index contributed by atoms with van der Waals surface area (Å²) < 4.78 is 1.11. The highest BCUT2D eigenvalue weighted by Crippen LogP contribution is 2.10. The smallest absolute Gasteiger partial charge is 0.0541 e. The first kappa shape index (κ1) is 11.3. The van der Waals surface area contributed by atoms with Crippen molar-refractivity contribution in [3.63, 3.8) is 0 Å². The van der Waals surface area contributed by atoms with Crippen LogP contribution in [0, 0.1) is 0 Å². The van der Waals surface area contributed by atoms with E-state index in [-0.39, 0.29) is 0 Å². The van der Waals surface area contributed by atoms with Crippen molar-refractivity contribution < 1.29 is 0 Å². The first-order valence-corrected chi connectivity index (χ1v) is 5.99. The van der Waals surface area contributed by atoms with Gasteiger partial charge in [0.1, 0.15) is 0 Å². The van der Waals surface area contributed by atoms with Gasteiger partial charge in [0, 0.05) is 23.8 Å². The first-order chi connectivity index (χ1) is 7.84. The highest BCUT2D eigenvalue weighted by atomic mass is 79.9. The molecule has 0 saturated heterocycles. The average Bonchev–Trinajstić information content (AvgIpc) is 2.33. The van der Waals surface area contributed by atoms with E-state index in [4.69, 9.17) is 0 Å². The second kappa shape index (κ2) is 5.77. The lowest BCUT2D eigenvalue weighted by Crippen LogP contribution is -2.13. The monoisotopic (exact) mass is 276 g/mol. The van der Waals surface area contributed by atoms with Crippen LogP contribution in [0.25, 0.3) is 0 Å². The van der Waals surface area contributed by atoms with Gasteiger partial charge in [0.15, 0.2) is 0 Å². The summed E-state index contributed by atoms with van der Waals surface area (Å²) in [7, 11) is 0. The fraction of sp³-hybridized carbons (Fsp3) is 0.154. The minimum absolute atomic E-state index is 0.802. The molecule has 0 bridgehead atoms. The zero-order valence-electron chi connectivity index (χ0n) is 8.86. The van der Waals surface area contributed by atoms with E-state index < -0.39 is 0 Å². The maximum absolute atomic E-state index is 4.25. The van der Waals surface area contributed by atoms with E-state index in [0.717, 1.165) is 23.3 Å². The third kappa shape index (κ3) is 3.43. The Morgan fingerprint density at radius 3 is 2.50 bits per heavy atom. The molecule has 0 fully saturated rings. The quantitative estimate of drug-likeness (QED) is 0.928. The maximum Gasteiger partial charge on any atom is 0.0541 e. The Morgan fingerprint density at radius 1 is 1.00 bits per heavy atom. The van der Waals surface area contributed by atoms with Crippen LogP contribution in [-0.4, -0.2) is 4.98 Å². The van der Waals surface area contributed by atoms with Gasteiger partial charge < -0.3 is 5.32 Å². The van der Waals surface area contributed by atoms with Gasteiger partial charge >= 0.3 is 0 Å². The summed E-state index contributed by atoms with van der Waals surface area (Å²) in [6.45, 7) is 1.67. The van der Waals surface area contributed by atoms with Crippen LogP contribution in [0.4, 0.5) is 0 Å². The lowest BCUT2D eigenvalue weighted by molar-refractivity contribution is 0.679. The molecule has 0 radical (unpaired) electrons. The van der Waals surface area contributed by atoms with Gasteiger partial charge in [0.2, 0.25) is 0 Å². The summed E-state index contributed by atoms with van der Waals surface area (Å²) in [5, 5.41) is 3.36. The Balaban J connectivity index is 1.82. The molecule has 2 rings (SSSR count). The molecule has 3 heteroatoms. The van der Waals surface area contributed by atoms with Crippen molar-refractivity contribution in [3.8, 4) is 0 Å². The lowest BCUT2D eigenvalue weighted by Gasteiger charge is -2.04. The maximum atomic E-state index is 4.25. The molecule has 0 aliphatic carbocycles. The number of hydrogen-bond acceptors (Lipinski definition) is 2. The number of nitrogens with zero attached hydrogens (tertiary/aromatic N) is 1. The van der Waals surface area contributed by atoms with E-state index >= 15 is 0 Å². The van der Waals surface area contributed by atoms with Crippen LogP contribution in [0.1, 0.15) is 11.3 Å². The van der Waals surface area contributed by atoms with Crippen LogP contribution in [0.2, 0.25) is 0 Å². The van der Waals surface area contributed by atoms with E-state index in [0.29, 0.717) is 0 Å². The van der Waals surface area contributed by atoms with Gasteiger partial charge in [0.05, 0.1) is 5.69 Å². The minimum Gasteiger partial charge on any atom is -0.307 e. The van der Waals surface area contributed by atoms with Crippen molar-refractivity contribution in [1.29, 1.82) is 0 Å².